The number of aromatic nitrogens is 2. The standard InChI is InChI=1S/C16H28N4O/c1-3-15-17-16(21-18-15)13(2)20-10-8-19(9-11-20)12-14-6-4-5-7-14/h13-14H,3-12H2,1-2H3/t13-/m1/s1. The fourth-order valence-electron chi connectivity index (χ4n) is 3.63. The first-order valence-electron chi connectivity index (χ1n) is 8.55. The topological polar surface area (TPSA) is 45.4 Å². The first-order chi connectivity index (χ1) is 10.3. The molecule has 1 aromatic heterocycles. The Hall–Kier alpha value is -0.940. The van der Waals surface area contributed by atoms with E-state index in [9.17, 15) is 0 Å². The molecule has 0 aromatic carbocycles. The summed E-state index contributed by atoms with van der Waals surface area (Å²) >= 11 is 0. The van der Waals surface area contributed by atoms with E-state index in [0.29, 0.717) is 0 Å². The molecule has 21 heavy (non-hydrogen) atoms. The minimum Gasteiger partial charge on any atom is -0.338 e. The third kappa shape index (κ3) is 3.64. The van der Waals surface area contributed by atoms with Crippen molar-refractivity contribution < 1.29 is 4.52 Å². The van der Waals surface area contributed by atoms with Crippen molar-refractivity contribution in [3.8, 4) is 0 Å². The molecule has 2 aliphatic rings. The summed E-state index contributed by atoms with van der Waals surface area (Å²) in [6.07, 6.45) is 6.61. The predicted molar refractivity (Wildman–Crippen MR) is 82.1 cm³/mol. The number of hydrogen-bond donors (Lipinski definition) is 0. The average molecular weight is 292 g/mol. The van der Waals surface area contributed by atoms with Crippen molar-refractivity contribution in [2.24, 2.45) is 5.92 Å². The Morgan fingerprint density at radius 1 is 1.19 bits per heavy atom. The maximum absolute atomic E-state index is 5.39. The van der Waals surface area contributed by atoms with E-state index in [0.717, 1.165) is 37.1 Å². The molecule has 1 saturated heterocycles. The number of nitrogens with zero attached hydrogens (tertiary/aromatic N) is 4. The van der Waals surface area contributed by atoms with E-state index in [4.69, 9.17) is 4.52 Å². The largest absolute Gasteiger partial charge is 0.338 e. The van der Waals surface area contributed by atoms with Crippen LogP contribution in [0, 0.1) is 5.92 Å². The van der Waals surface area contributed by atoms with Gasteiger partial charge in [-0.15, -0.1) is 0 Å². The van der Waals surface area contributed by atoms with Crippen LogP contribution < -0.4 is 0 Å². The van der Waals surface area contributed by atoms with Gasteiger partial charge in [0.15, 0.2) is 5.82 Å². The van der Waals surface area contributed by atoms with Crippen molar-refractivity contribution in [2.75, 3.05) is 32.7 Å². The summed E-state index contributed by atoms with van der Waals surface area (Å²) in [6.45, 7) is 10.1. The molecule has 1 aliphatic heterocycles. The molecule has 5 nitrogen and oxygen atoms in total. The maximum Gasteiger partial charge on any atom is 0.243 e. The summed E-state index contributed by atoms with van der Waals surface area (Å²) in [7, 11) is 0. The molecule has 2 fully saturated rings. The highest BCUT2D eigenvalue weighted by molar-refractivity contribution is 4.93. The van der Waals surface area contributed by atoms with Crippen LogP contribution in [0.3, 0.4) is 0 Å². The highest BCUT2D eigenvalue weighted by Crippen LogP contribution is 2.26. The van der Waals surface area contributed by atoms with E-state index in [2.05, 4.69) is 33.8 Å². The predicted octanol–water partition coefficient (Wildman–Crippen LogP) is 2.50. The number of rotatable bonds is 5. The highest BCUT2D eigenvalue weighted by atomic mass is 16.5. The summed E-state index contributed by atoms with van der Waals surface area (Å²) in [5.41, 5.74) is 0. The van der Waals surface area contributed by atoms with Crippen molar-refractivity contribution in [1.82, 2.24) is 19.9 Å². The van der Waals surface area contributed by atoms with E-state index < -0.39 is 0 Å². The SMILES string of the molecule is CCc1noc([C@@H](C)N2CCN(CC3CCCC3)CC2)n1. The van der Waals surface area contributed by atoms with Crippen LogP contribution in [0.2, 0.25) is 0 Å². The smallest absolute Gasteiger partial charge is 0.243 e. The molecular weight excluding hydrogens is 264 g/mol. The Morgan fingerprint density at radius 3 is 2.52 bits per heavy atom. The lowest BCUT2D eigenvalue weighted by Gasteiger charge is -2.37. The Labute approximate surface area is 127 Å². The lowest BCUT2D eigenvalue weighted by molar-refractivity contribution is 0.0797. The molecule has 0 spiro atoms. The van der Waals surface area contributed by atoms with Gasteiger partial charge in [-0.1, -0.05) is 24.9 Å². The lowest BCUT2D eigenvalue weighted by Crippen LogP contribution is -2.48. The second-order valence-electron chi connectivity index (χ2n) is 6.57. The van der Waals surface area contributed by atoms with Gasteiger partial charge in [-0.2, -0.15) is 4.98 Å². The molecule has 3 rings (SSSR count). The van der Waals surface area contributed by atoms with Gasteiger partial charge in [0.25, 0.3) is 0 Å². The molecule has 0 radical (unpaired) electrons. The molecule has 1 aliphatic carbocycles. The van der Waals surface area contributed by atoms with Crippen molar-refractivity contribution in [3.63, 3.8) is 0 Å². The summed E-state index contributed by atoms with van der Waals surface area (Å²) in [6, 6.07) is 0.242. The van der Waals surface area contributed by atoms with Crippen LogP contribution in [0.5, 0.6) is 0 Å². The Bertz CT molecular complexity index is 433. The number of aryl methyl sites for hydroxylation is 1. The third-order valence-corrected chi connectivity index (χ3v) is 5.10. The van der Waals surface area contributed by atoms with Crippen molar-refractivity contribution >= 4 is 0 Å². The zero-order valence-electron chi connectivity index (χ0n) is 13.4. The van der Waals surface area contributed by atoms with Gasteiger partial charge < -0.3 is 9.42 Å². The normalized spacial score (nSPS) is 23.7. The van der Waals surface area contributed by atoms with Gasteiger partial charge in [0.05, 0.1) is 6.04 Å². The summed E-state index contributed by atoms with van der Waals surface area (Å²) < 4.78 is 5.39. The second kappa shape index (κ2) is 6.88. The van der Waals surface area contributed by atoms with Crippen molar-refractivity contribution in [3.05, 3.63) is 11.7 Å². The summed E-state index contributed by atoms with van der Waals surface area (Å²) in [5.74, 6) is 2.55. The molecule has 5 heteroatoms. The van der Waals surface area contributed by atoms with Gasteiger partial charge in [0.1, 0.15) is 0 Å². The van der Waals surface area contributed by atoms with Crippen LogP contribution in [-0.4, -0.2) is 52.7 Å². The monoisotopic (exact) mass is 292 g/mol. The van der Waals surface area contributed by atoms with Gasteiger partial charge in [-0.05, 0) is 25.7 Å². The van der Waals surface area contributed by atoms with Gasteiger partial charge in [0.2, 0.25) is 5.89 Å². The lowest BCUT2D eigenvalue weighted by atomic mass is 10.1. The summed E-state index contributed by atoms with van der Waals surface area (Å²) in [5, 5.41) is 4.01. The van der Waals surface area contributed by atoms with E-state index in [-0.39, 0.29) is 6.04 Å². The van der Waals surface area contributed by atoms with E-state index >= 15 is 0 Å². The molecule has 0 bridgehead atoms. The maximum atomic E-state index is 5.39. The molecule has 1 aromatic rings. The second-order valence-corrected chi connectivity index (χ2v) is 6.57. The third-order valence-electron chi connectivity index (χ3n) is 5.10. The Balaban J connectivity index is 1.48. The van der Waals surface area contributed by atoms with Gasteiger partial charge in [-0.25, -0.2) is 0 Å². The van der Waals surface area contributed by atoms with E-state index in [1.165, 1.54) is 45.3 Å². The van der Waals surface area contributed by atoms with E-state index in [1.807, 2.05) is 0 Å². The highest BCUT2D eigenvalue weighted by Gasteiger charge is 2.27. The first-order valence-corrected chi connectivity index (χ1v) is 8.55. The van der Waals surface area contributed by atoms with Gasteiger partial charge in [-0.3, -0.25) is 4.90 Å². The molecule has 0 unspecified atom stereocenters. The van der Waals surface area contributed by atoms with Crippen LogP contribution in [0.15, 0.2) is 4.52 Å². The van der Waals surface area contributed by atoms with E-state index in [1.54, 1.807) is 0 Å². The molecule has 1 saturated carbocycles. The van der Waals surface area contributed by atoms with Crippen LogP contribution in [0.25, 0.3) is 0 Å². The van der Waals surface area contributed by atoms with Gasteiger partial charge >= 0.3 is 0 Å². The molecule has 0 N–H and O–H groups in total. The van der Waals surface area contributed by atoms with Crippen LogP contribution in [0.4, 0.5) is 0 Å². The van der Waals surface area contributed by atoms with Crippen LogP contribution in [-0.2, 0) is 6.42 Å². The van der Waals surface area contributed by atoms with Crippen LogP contribution >= 0.6 is 0 Å². The summed E-state index contributed by atoms with van der Waals surface area (Å²) in [4.78, 5) is 9.59. The fraction of sp³-hybridized carbons (Fsp3) is 0.875. The Morgan fingerprint density at radius 2 is 1.90 bits per heavy atom. The Kier molecular flexibility index (Phi) is 4.91. The fourth-order valence-corrected chi connectivity index (χ4v) is 3.63. The van der Waals surface area contributed by atoms with Crippen molar-refractivity contribution in [2.45, 2.75) is 52.0 Å². The average Bonchev–Trinajstić information content (AvgIpc) is 3.18. The quantitative estimate of drug-likeness (QED) is 0.834. The number of piperazine rings is 1. The van der Waals surface area contributed by atoms with Crippen LogP contribution in [0.1, 0.15) is 57.3 Å². The zero-order chi connectivity index (χ0) is 14.7. The zero-order valence-corrected chi connectivity index (χ0v) is 13.4. The molecule has 118 valence electrons. The van der Waals surface area contributed by atoms with Gasteiger partial charge in [0, 0.05) is 39.1 Å². The molecule has 0 amide bonds. The molecule has 2 heterocycles. The minimum atomic E-state index is 0.242. The first kappa shape index (κ1) is 15.0. The number of hydrogen-bond acceptors (Lipinski definition) is 5. The van der Waals surface area contributed by atoms with Crippen molar-refractivity contribution in [1.29, 1.82) is 0 Å². The molecular formula is C16H28N4O. The molecule has 1 atom stereocenters. The minimum absolute atomic E-state index is 0.242.